The van der Waals surface area contributed by atoms with Crippen LogP contribution in [0.4, 0.5) is 0 Å². The van der Waals surface area contributed by atoms with Gasteiger partial charge in [-0.25, -0.2) is 0 Å². The SMILES string of the molecule is CC(=O)OCN1CC(N)C(C(=O)OC(C)(C)C)(c2ccc(O)cc2)C1=O. The molecule has 2 atom stereocenters. The van der Waals surface area contributed by atoms with Gasteiger partial charge in [-0.15, -0.1) is 0 Å². The van der Waals surface area contributed by atoms with E-state index in [0.717, 1.165) is 0 Å². The number of ether oxygens (including phenoxy) is 2. The molecule has 1 amide bonds. The molecule has 0 saturated carbocycles. The second-order valence-corrected chi connectivity index (χ2v) is 7.26. The van der Waals surface area contributed by atoms with E-state index in [1.165, 1.54) is 36.1 Å². The van der Waals surface area contributed by atoms with Gasteiger partial charge >= 0.3 is 11.9 Å². The van der Waals surface area contributed by atoms with Crippen molar-refractivity contribution in [2.24, 2.45) is 5.73 Å². The molecule has 0 aromatic heterocycles. The van der Waals surface area contributed by atoms with E-state index in [9.17, 15) is 19.5 Å². The first-order valence-corrected chi connectivity index (χ1v) is 8.19. The largest absolute Gasteiger partial charge is 0.508 e. The Balaban J connectivity index is 2.50. The first-order chi connectivity index (χ1) is 12.0. The molecule has 8 nitrogen and oxygen atoms in total. The molecule has 2 unspecified atom stereocenters. The predicted octanol–water partition coefficient (Wildman–Crippen LogP) is 0.662. The number of rotatable bonds is 4. The van der Waals surface area contributed by atoms with Gasteiger partial charge in [0.2, 0.25) is 5.91 Å². The number of phenols is 1. The Morgan fingerprint density at radius 2 is 1.88 bits per heavy atom. The van der Waals surface area contributed by atoms with Crippen LogP contribution in [0.25, 0.3) is 0 Å². The molecule has 1 aromatic rings. The molecule has 0 aliphatic carbocycles. The minimum Gasteiger partial charge on any atom is -0.508 e. The standard InChI is InChI=1S/C18H24N2O6/c1-11(21)25-10-20-9-14(19)18(15(20)23,16(24)26-17(2,3)4)12-5-7-13(22)8-6-12/h5-8,14,22H,9-10,19H2,1-4H3. The van der Waals surface area contributed by atoms with Gasteiger partial charge in [0.1, 0.15) is 11.4 Å². The lowest BCUT2D eigenvalue weighted by atomic mass is 9.75. The first-order valence-electron chi connectivity index (χ1n) is 8.19. The molecule has 1 saturated heterocycles. The highest BCUT2D eigenvalue weighted by Gasteiger charge is 2.61. The Morgan fingerprint density at radius 3 is 2.38 bits per heavy atom. The third-order valence-electron chi connectivity index (χ3n) is 4.06. The topological polar surface area (TPSA) is 119 Å². The van der Waals surface area contributed by atoms with Gasteiger partial charge in [-0.2, -0.15) is 0 Å². The van der Waals surface area contributed by atoms with E-state index >= 15 is 0 Å². The summed E-state index contributed by atoms with van der Waals surface area (Å²) in [7, 11) is 0. The van der Waals surface area contributed by atoms with E-state index in [0.29, 0.717) is 5.56 Å². The van der Waals surface area contributed by atoms with E-state index in [2.05, 4.69) is 0 Å². The zero-order chi connectivity index (χ0) is 19.7. The molecule has 1 aliphatic heterocycles. The van der Waals surface area contributed by atoms with Crippen molar-refractivity contribution in [3.63, 3.8) is 0 Å². The van der Waals surface area contributed by atoms with Gasteiger partial charge in [0, 0.05) is 13.5 Å². The van der Waals surface area contributed by atoms with Crippen LogP contribution in [-0.2, 0) is 29.3 Å². The average molecular weight is 364 g/mol. The van der Waals surface area contributed by atoms with Crippen molar-refractivity contribution in [2.75, 3.05) is 13.3 Å². The molecule has 0 spiro atoms. The monoisotopic (exact) mass is 364 g/mol. The van der Waals surface area contributed by atoms with E-state index in [1.807, 2.05) is 0 Å². The third-order valence-corrected chi connectivity index (χ3v) is 4.06. The third kappa shape index (κ3) is 3.65. The zero-order valence-electron chi connectivity index (χ0n) is 15.3. The van der Waals surface area contributed by atoms with Crippen LogP contribution >= 0.6 is 0 Å². The van der Waals surface area contributed by atoms with Crippen LogP contribution in [0.15, 0.2) is 24.3 Å². The van der Waals surface area contributed by atoms with Gasteiger partial charge in [0.05, 0.1) is 6.04 Å². The Kier molecular flexibility index (Phi) is 5.27. The van der Waals surface area contributed by atoms with Gasteiger partial charge in [0.15, 0.2) is 12.1 Å². The second-order valence-electron chi connectivity index (χ2n) is 7.26. The summed E-state index contributed by atoms with van der Waals surface area (Å²) in [6, 6.07) is 4.76. The van der Waals surface area contributed by atoms with Crippen LogP contribution < -0.4 is 5.73 Å². The number of hydrogen-bond acceptors (Lipinski definition) is 7. The molecule has 8 heteroatoms. The molecule has 3 N–H and O–H groups in total. The minimum absolute atomic E-state index is 0.0103. The zero-order valence-corrected chi connectivity index (χ0v) is 15.3. The van der Waals surface area contributed by atoms with Crippen LogP contribution in [0.1, 0.15) is 33.3 Å². The van der Waals surface area contributed by atoms with Crippen LogP contribution in [0, 0.1) is 0 Å². The van der Waals surface area contributed by atoms with Crippen molar-refractivity contribution in [3.8, 4) is 5.75 Å². The normalized spacial score (nSPS) is 23.0. The maximum atomic E-state index is 13.2. The molecule has 1 heterocycles. The summed E-state index contributed by atoms with van der Waals surface area (Å²) in [5, 5.41) is 9.54. The van der Waals surface area contributed by atoms with Crippen molar-refractivity contribution >= 4 is 17.8 Å². The summed E-state index contributed by atoms with van der Waals surface area (Å²) in [6.45, 7) is 6.02. The highest BCUT2D eigenvalue weighted by Crippen LogP contribution is 2.38. The number of likely N-dealkylation sites (tertiary alicyclic amines) is 1. The number of carbonyl (C=O) groups is 3. The molecule has 0 radical (unpaired) electrons. The fourth-order valence-electron chi connectivity index (χ4n) is 2.92. The highest BCUT2D eigenvalue weighted by molar-refractivity contribution is 6.11. The van der Waals surface area contributed by atoms with Crippen LogP contribution in [0.2, 0.25) is 0 Å². The van der Waals surface area contributed by atoms with Crippen LogP contribution in [-0.4, -0.2) is 52.8 Å². The van der Waals surface area contributed by atoms with Crippen molar-refractivity contribution < 1.29 is 29.0 Å². The number of benzene rings is 1. The summed E-state index contributed by atoms with van der Waals surface area (Å²) in [5.41, 5.74) is 3.93. The molecular formula is C18H24N2O6. The van der Waals surface area contributed by atoms with E-state index in [1.54, 1.807) is 20.8 Å². The van der Waals surface area contributed by atoms with E-state index in [4.69, 9.17) is 15.2 Å². The summed E-state index contributed by atoms with van der Waals surface area (Å²) in [5.74, 6) is -1.95. The summed E-state index contributed by atoms with van der Waals surface area (Å²) in [6.07, 6.45) is 0. The lowest BCUT2D eigenvalue weighted by Crippen LogP contribution is -2.55. The van der Waals surface area contributed by atoms with Gasteiger partial charge in [0.25, 0.3) is 0 Å². The lowest BCUT2D eigenvalue weighted by molar-refractivity contribution is -0.166. The maximum absolute atomic E-state index is 13.2. The minimum atomic E-state index is -1.78. The fraction of sp³-hybridized carbons (Fsp3) is 0.500. The molecular weight excluding hydrogens is 340 g/mol. The number of nitrogens with two attached hydrogens (primary N) is 1. The molecule has 142 valence electrons. The molecule has 26 heavy (non-hydrogen) atoms. The van der Waals surface area contributed by atoms with Crippen LogP contribution in [0.5, 0.6) is 5.75 Å². The lowest BCUT2D eigenvalue weighted by Gasteiger charge is -2.32. The first kappa shape index (κ1) is 19.7. The smallest absolute Gasteiger partial charge is 0.328 e. The molecule has 1 fully saturated rings. The number of esters is 2. The predicted molar refractivity (Wildman–Crippen MR) is 92.0 cm³/mol. The Labute approximate surface area is 151 Å². The van der Waals surface area contributed by atoms with Crippen LogP contribution in [0.3, 0.4) is 0 Å². The van der Waals surface area contributed by atoms with Crippen molar-refractivity contribution in [1.29, 1.82) is 0 Å². The molecule has 2 rings (SSSR count). The van der Waals surface area contributed by atoms with E-state index < -0.39 is 34.9 Å². The Hall–Kier alpha value is -2.61. The summed E-state index contributed by atoms with van der Waals surface area (Å²) in [4.78, 5) is 38.5. The average Bonchev–Trinajstić information content (AvgIpc) is 2.76. The van der Waals surface area contributed by atoms with E-state index in [-0.39, 0.29) is 19.0 Å². The number of phenolic OH excluding ortho intramolecular Hbond substituents is 1. The fourth-order valence-corrected chi connectivity index (χ4v) is 2.92. The summed E-state index contributed by atoms with van der Waals surface area (Å²) >= 11 is 0. The highest BCUT2D eigenvalue weighted by atomic mass is 16.6. The quantitative estimate of drug-likeness (QED) is 0.595. The molecule has 1 aliphatic rings. The van der Waals surface area contributed by atoms with Gasteiger partial charge in [-0.1, -0.05) is 12.1 Å². The second kappa shape index (κ2) is 6.95. The van der Waals surface area contributed by atoms with Gasteiger partial charge in [-0.05, 0) is 38.5 Å². The van der Waals surface area contributed by atoms with Crippen molar-refractivity contribution in [3.05, 3.63) is 29.8 Å². The summed E-state index contributed by atoms with van der Waals surface area (Å²) < 4.78 is 10.4. The number of aromatic hydroxyl groups is 1. The number of hydrogen-bond donors (Lipinski definition) is 2. The van der Waals surface area contributed by atoms with Gasteiger partial charge < -0.3 is 25.2 Å². The number of nitrogens with zero attached hydrogens (tertiary/aromatic N) is 1. The Morgan fingerprint density at radius 1 is 1.31 bits per heavy atom. The maximum Gasteiger partial charge on any atom is 0.328 e. The van der Waals surface area contributed by atoms with Crippen molar-refractivity contribution in [2.45, 2.75) is 44.8 Å². The van der Waals surface area contributed by atoms with Crippen molar-refractivity contribution in [1.82, 2.24) is 4.90 Å². The number of amides is 1. The molecule has 1 aromatic carbocycles. The van der Waals surface area contributed by atoms with Gasteiger partial charge in [-0.3, -0.25) is 14.4 Å². The Bertz CT molecular complexity index is 709. The molecule has 0 bridgehead atoms. The number of carbonyl (C=O) groups excluding carboxylic acids is 3.